The first-order chi connectivity index (χ1) is 14.0. The fraction of sp³-hybridized carbons (Fsp3) is 0.190. The number of nitrogens with zero attached hydrogens (tertiary/aromatic N) is 2. The van der Waals surface area contributed by atoms with E-state index >= 15 is 0 Å². The van der Waals surface area contributed by atoms with E-state index < -0.39 is 5.97 Å². The molecule has 0 saturated heterocycles. The molecule has 0 aliphatic heterocycles. The molecular weight excluding hydrogens is 390 g/mol. The molecule has 0 fully saturated rings. The molecule has 0 bridgehead atoms. The van der Waals surface area contributed by atoms with Gasteiger partial charge in [0.15, 0.2) is 11.5 Å². The summed E-state index contributed by atoms with van der Waals surface area (Å²) in [5.74, 6) is 0.634. The second-order valence-electron chi connectivity index (χ2n) is 6.03. The lowest BCUT2D eigenvalue weighted by atomic mass is 10.2. The van der Waals surface area contributed by atoms with Gasteiger partial charge in [0.2, 0.25) is 5.13 Å². The number of rotatable bonds is 7. The van der Waals surface area contributed by atoms with Crippen molar-refractivity contribution < 1.29 is 19.0 Å². The molecule has 3 aromatic rings. The number of hydrazone groups is 1. The maximum Gasteiger partial charge on any atom is 0.347 e. The molecule has 0 unspecified atom stereocenters. The molecule has 0 aliphatic rings. The van der Waals surface area contributed by atoms with Crippen LogP contribution in [0.15, 0.2) is 47.6 Å². The first kappa shape index (κ1) is 20.3. The predicted molar refractivity (Wildman–Crippen MR) is 114 cm³/mol. The second-order valence-corrected chi connectivity index (χ2v) is 7.23. The number of benzene rings is 2. The fourth-order valence-electron chi connectivity index (χ4n) is 2.50. The summed E-state index contributed by atoms with van der Waals surface area (Å²) in [7, 11) is 3.01. The second kappa shape index (κ2) is 9.20. The lowest BCUT2D eigenvalue weighted by Crippen LogP contribution is -2.10. The topological polar surface area (TPSA) is 82.0 Å². The van der Waals surface area contributed by atoms with Crippen molar-refractivity contribution >= 4 is 28.7 Å². The highest BCUT2D eigenvalue weighted by atomic mass is 32.1. The summed E-state index contributed by atoms with van der Waals surface area (Å²) >= 11 is 1.54. The third kappa shape index (κ3) is 4.91. The SMILES string of the molecule is COc1cc(/C=N\Nc2nc(C)c(C)s2)ccc1OC(=O)c1ccccc1OC. The van der Waals surface area contributed by atoms with Crippen LogP contribution in [-0.4, -0.2) is 31.4 Å². The van der Waals surface area contributed by atoms with E-state index in [2.05, 4.69) is 15.5 Å². The Morgan fingerprint density at radius 3 is 2.52 bits per heavy atom. The molecule has 1 heterocycles. The Balaban J connectivity index is 1.73. The molecule has 29 heavy (non-hydrogen) atoms. The van der Waals surface area contributed by atoms with Gasteiger partial charge in [-0.15, -0.1) is 11.3 Å². The van der Waals surface area contributed by atoms with Crippen molar-refractivity contribution in [2.45, 2.75) is 13.8 Å². The molecular formula is C21H21N3O4S. The number of ether oxygens (including phenoxy) is 3. The molecule has 0 saturated carbocycles. The number of aromatic nitrogens is 1. The number of anilines is 1. The van der Waals surface area contributed by atoms with Crippen LogP contribution in [0.3, 0.4) is 0 Å². The number of methoxy groups -OCH3 is 2. The van der Waals surface area contributed by atoms with E-state index in [1.54, 1.807) is 48.7 Å². The van der Waals surface area contributed by atoms with E-state index in [1.807, 2.05) is 13.8 Å². The highest BCUT2D eigenvalue weighted by molar-refractivity contribution is 7.15. The Hall–Kier alpha value is -3.39. The van der Waals surface area contributed by atoms with Crippen molar-refractivity contribution in [3.63, 3.8) is 0 Å². The minimum Gasteiger partial charge on any atom is -0.496 e. The third-order valence-corrected chi connectivity index (χ3v) is 5.10. The average molecular weight is 411 g/mol. The zero-order valence-electron chi connectivity index (χ0n) is 16.6. The maximum atomic E-state index is 12.5. The van der Waals surface area contributed by atoms with Crippen LogP contribution in [0.4, 0.5) is 5.13 Å². The van der Waals surface area contributed by atoms with Crippen molar-refractivity contribution in [1.82, 2.24) is 4.98 Å². The van der Waals surface area contributed by atoms with Crippen LogP contribution >= 0.6 is 11.3 Å². The van der Waals surface area contributed by atoms with E-state index in [1.165, 1.54) is 25.6 Å². The van der Waals surface area contributed by atoms with Gasteiger partial charge >= 0.3 is 5.97 Å². The van der Waals surface area contributed by atoms with Gasteiger partial charge in [0.1, 0.15) is 11.3 Å². The Morgan fingerprint density at radius 2 is 1.83 bits per heavy atom. The number of carbonyl (C=O) groups is 1. The maximum absolute atomic E-state index is 12.5. The Labute approximate surface area is 173 Å². The molecule has 150 valence electrons. The molecule has 0 spiro atoms. The lowest BCUT2D eigenvalue weighted by Gasteiger charge is -2.11. The van der Waals surface area contributed by atoms with Crippen molar-refractivity contribution in [2.24, 2.45) is 5.10 Å². The van der Waals surface area contributed by atoms with Crippen LogP contribution in [0.25, 0.3) is 0 Å². The molecule has 0 aliphatic carbocycles. The number of esters is 1. The van der Waals surface area contributed by atoms with Crippen molar-refractivity contribution in [3.05, 3.63) is 64.2 Å². The number of carbonyl (C=O) groups excluding carboxylic acids is 1. The van der Waals surface area contributed by atoms with Crippen molar-refractivity contribution in [3.8, 4) is 17.2 Å². The summed E-state index contributed by atoms with van der Waals surface area (Å²) < 4.78 is 16.1. The van der Waals surface area contributed by atoms with E-state index in [-0.39, 0.29) is 0 Å². The molecule has 3 rings (SSSR count). The predicted octanol–water partition coefficient (Wildman–Crippen LogP) is 4.44. The zero-order chi connectivity index (χ0) is 20.8. The van der Waals surface area contributed by atoms with Crippen LogP contribution in [0.2, 0.25) is 0 Å². The van der Waals surface area contributed by atoms with Gasteiger partial charge < -0.3 is 14.2 Å². The van der Waals surface area contributed by atoms with Gasteiger partial charge in [0, 0.05) is 4.88 Å². The summed E-state index contributed by atoms with van der Waals surface area (Å²) in [6.45, 7) is 3.97. The summed E-state index contributed by atoms with van der Waals surface area (Å²) in [6.07, 6.45) is 1.64. The summed E-state index contributed by atoms with van der Waals surface area (Å²) in [5.41, 5.74) is 5.00. The average Bonchev–Trinajstić information content (AvgIpc) is 3.06. The number of para-hydroxylation sites is 1. The molecule has 0 atom stereocenters. The van der Waals surface area contributed by atoms with Crippen LogP contribution in [0, 0.1) is 13.8 Å². The number of nitrogens with one attached hydrogen (secondary N) is 1. The van der Waals surface area contributed by atoms with Gasteiger partial charge in [0.05, 0.1) is 26.1 Å². The zero-order valence-corrected chi connectivity index (χ0v) is 17.4. The van der Waals surface area contributed by atoms with E-state index in [4.69, 9.17) is 14.2 Å². The van der Waals surface area contributed by atoms with Gasteiger partial charge in [-0.05, 0) is 49.7 Å². The highest BCUT2D eigenvalue weighted by Crippen LogP contribution is 2.29. The smallest absolute Gasteiger partial charge is 0.347 e. The van der Waals surface area contributed by atoms with E-state index in [9.17, 15) is 4.79 Å². The lowest BCUT2D eigenvalue weighted by molar-refractivity contribution is 0.0726. The molecule has 0 radical (unpaired) electrons. The van der Waals surface area contributed by atoms with Crippen LogP contribution in [0.1, 0.15) is 26.5 Å². The van der Waals surface area contributed by atoms with Gasteiger partial charge in [-0.2, -0.15) is 5.10 Å². The molecule has 8 heteroatoms. The molecule has 1 aromatic heterocycles. The van der Waals surface area contributed by atoms with Crippen LogP contribution in [0.5, 0.6) is 17.2 Å². The van der Waals surface area contributed by atoms with Gasteiger partial charge in [0.25, 0.3) is 0 Å². The third-order valence-electron chi connectivity index (χ3n) is 4.12. The largest absolute Gasteiger partial charge is 0.496 e. The number of hydrogen-bond donors (Lipinski definition) is 1. The molecule has 0 amide bonds. The fourth-order valence-corrected chi connectivity index (χ4v) is 3.26. The Bertz CT molecular complexity index is 1030. The van der Waals surface area contributed by atoms with Crippen molar-refractivity contribution in [2.75, 3.05) is 19.6 Å². The highest BCUT2D eigenvalue weighted by Gasteiger charge is 2.16. The number of aryl methyl sites for hydroxylation is 2. The number of hydrogen-bond acceptors (Lipinski definition) is 8. The first-order valence-electron chi connectivity index (χ1n) is 8.78. The molecule has 1 N–H and O–H groups in total. The van der Waals surface area contributed by atoms with Crippen molar-refractivity contribution in [1.29, 1.82) is 0 Å². The van der Waals surface area contributed by atoms with Crippen LogP contribution in [-0.2, 0) is 0 Å². The summed E-state index contributed by atoms with van der Waals surface area (Å²) in [4.78, 5) is 18.0. The minimum atomic E-state index is -0.529. The van der Waals surface area contributed by atoms with Crippen LogP contribution < -0.4 is 19.6 Å². The Kier molecular flexibility index (Phi) is 6.46. The van der Waals surface area contributed by atoms with E-state index in [0.29, 0.717) is 22.8 Å². The number of thiazole rings is 1. The molecule has 7 nitrogen and oxygen atoms in total. The monoisotopic (exact) mass is 411 g/mol. The first-order valence-corrected chi connectivity index (χ1v) is 9.59. The van der Waals surface area contributed by atoms with Gasteiger partial charge in [-0.1, -0.05) is 12.1 Å². The van der Waals surface area contributed by atoms with Gasteiger partial charge in [-0.25, -0.2) is 9.78 Å². The Morgan fingerprint density at radius 1 is 1.07 bits per heavy atom. The summed E-state index contributed by atoms with van der Waals surface area (Å²) in [5, 5.41) is 4.92. The molecule has 2 aromatic carbocycles. The van der Waals surface area contributed by atoms with Gasteiger partial charge in [-0.3, -0.25) is 5.43 Å². The van der Waals surface area contributed by atoms with E-state index in [0.717, 1.165) is 21.3 Å². The standard InChI is InChI=1S/C21H21N3O4S/c1-13-14(2)29-21(23-13)24-22-12-15-9-10-18(19(11-15)27-4)28-20(25)16-7-5-6-8-17(16)26-3/h5-12H,1-4H3,(H,23,24)/b22-12-. The summed E-state index contributed by atoms with van der Waals surface area (Å²) in [6, 6.07) is 12.0. The minimum absolute atomic E-state index is 0.305. The normalized spacial score (nSPS) is 10.8. The quantitative estimate of drug-likeness (QED) is 0.268.